The van der Waals surface area contributed by atoms with Gasteiger partial charge in [0.2, 0.25) is 0 Å². The van der Waals surface area contributed by atoms with E-state index in [4.69, 9.17) is 33.4 Å². The zero-order valence-corrected chi connectivity index (χ0v) is 30.5. The highest BCUT2D eigenvalue weighted by Gasteiger charge is 2.37. The molecule has 1 aliphatic rings. The predicted octanol–water partition coefficient (Wildman–Crippen LogP) is 9.02. The van der Waals surface area contributed by atoms with Gasteiger partial charge in [-0.05, 0) is 83.3 Å². The number of carboxylic acids is 2. The lowest BCUT2D eigenvalue weighted by atomic mass is 9.68. The number of likely N-dealkylation sites (tertiary alicyclic amines) is 1. The lowest BCUT2D eigenvalue weighted by molar-refractivity contribution is -0.134. The number of hydrogen-bond donors (Lipinski definition) is 2. The first-order valence-electron chi connectivity index (χ1n) is 16.8. The zero-order chi connectivity index (χ0) is 37.1. The summed E-state index contributed by atoms with van der Waals surface area (Å²) in [6, 6.07) is 27.1. The third kappa shape index (κ3) is 9.79. The van der Waals surface area contributed by atoms with Gasteiger partial charge in [0.25, 0.3) is 0 Å². The maximum Gasteiger partial charge on any atom is 0.328 e. The second kappa shape index (κ2) is 18.0. The molecule has 51 heavy (non-hydrogen) atoms. The Balaban J connectivity index is 0.000000652. The number of pyridine rings is 1. The second-order valence-electron chi connectivity index (χ2n) is 12.6. The fourth-order valence-corrected chi connectivity index (χ4v) is 7.29. The summed E-state index contributed by atoms with van der Waals surface area (Å²) >= 11 is 13.0. The molecule has 0 unspecified atom stereocenters. The Morgan fingerprint density at radius 1 is 0.765 bits per heavy atom. The molecule has 10 heteroatoms. The quantitative estimate of drug-likeness (QED) is 0.0841. The molecule has 266 valence electrons. The van der Waals surface area contributed by atoms with Gasteiger partial charge in [-0.1, -0.05) is 96.0 Å². The number of hydrogen-bond acceptors (Lipinski definition) is 6. The molecule has 1 fully saturated rings. The minimum atomic E-state index is -1.26. The molecule has 0 bridgehead atoms. The Labute approximate surface area is 308 Å². The predicted molar refractivity (Wildman–Crippen MR) is 201 cm³/mol. The molecule has 0 aliphatic carbocycles. The molecule has 1 aromatic heterocycles. The molecule has 0 radical (unpaired) electrons. The van der Waals surface area contributed by atoms with Gasteiger partial charge in [0.15, 0.2) is 11.6 Å². The van der Waals surface area contributed by atoms with Crippen LogP contribution in [-0.4, -0.2) is 63.2 Å². The fraction of sp³-hybridized carbons (Fsp3) is 0.293. The van der Waals surface area contributed by atoms with Crippen LogP contribution in [0, 0.1) is 13.8 Å². The van der Waals surface area contributed by atoms with Crippen LogP contribution in [0.5, 0.6) is 0 Å². The molecule has 1 saturated heterocycles. The number of ketones is 2. The van der Waals surface area contributed by atoms with Crippen molar-refractivity contribution in [2.24, 2.45) is 0 Å². The number of Topliss-reactive ketones (excluding diaryl/α,β-unsaturated/α-hetero) is 2. The van der Waals surface area contributed by atoms with E-state index < -0.39 is 11.9 Å². The zero-order valence-electron chi connectivity index (χ0n) is 29.0. The van der Waals surface area contributed by atoms with Gasteiger partial charge >= 0.3 is 11.9 Å². The van der Waals surface area contributed by atoms with Gasteiger partial charge in [-0.15, -0.1) is 0 Å². The molecule has 3 aromatic carbocycles. The number of unbranched alkanes of at least 4 members (excludes halogenated alkanes) is 1. The number of halogens is 2. The summed E-state index contributed by atoms with van der Waals surface area (Å²) in [5, 5.41) is 16.3. The van der Waals surface area contributed by atoms with Gasteiger partial charge in [0.1, 0.15) is 0 Å². The van der Waals surface area contributed by atoms with E-state index in [0.29, 0.717) is 62.3 Å². The number of piperidine rings is 1. The molecule has 4 aromatic rings. The van der Waals surface area contributed by atoms with Gasteiger partial charge in [-0.25, -0.2) is 9.59 Å². The SMILES string of the molecule is CC(=O)c1c(C)nc(C)c(C(=O)CCCCN2CCC(c3ccccc3)(c3ccccc3)CC2)c1-c1cccc(Cl)c1Cl.O=C(O)/C=C/C(=O)O. The van der Waals surface area contributed by atoms with Crippen LogP contribution in [0.4, 0.5) is 0 Å². The van der Waals surface area contributed by atoms with Gasteiger partial charge in [-0.2, -0.15) is 0 Å². The highest BCUT2D eigenvalue weighted by molar-refractivity contribution is 6.44. The third-order valence-electron chi connectivity index (χ3n) is 9.27. The molecular formula is C41H42Cl2N2O6. The van der Waals surface area contributed by atoms with Crippen molar-refractivity contribution < 1.29 is 29.4 Å². The lowest BCUT2D eigenvalue weighted by Crippen LogP contribution is -2.43. The van der Waals surface area contributed by atoms with Crippen molar-refractivity contribution in [2.75, 3.05) is 19.6 Å². The number of aryl methyl sites for hydroxylation is 2. The van der Waals surface area contributed by atoms with E-state index in [1.165, 1.54) is 18.1 Å². The highest BCUT2D eigenvalue weighted by atomic mass is 35.5. The van der Waals surface area contributed by atoms with Crippen LogP contribution in [0.25, 0.3) is 11.1 Å². The number of carboxylic acid groups (broad SMARTS) is 2. The van der Waals surface area contributed by atoms with Crippen LogP contribution in [0.3, 0.4) is 0 Å². The van der Waals surface area contributed by atoms with Gasteiger partial charge < -0.3 is 15.1 Å². The average Bonchev–Trinajstić information content (AvgIpc) is 3.11. The molecular weight excluding hydrogens is 687 g/mol. The number of carbonyl (C=O) groups excluding carboxylic acids is 2. The summed E-state index contributed by atoms with van der Waals surface area (Å²) in [6.07, 6.45) is 5.28. The highest BCUT2D eigenvalue weighted by Crippen LogP contribution is 2.42. The first-order valence-corrected chi connectivity index (χ1v) is 17.6. The normalized spacial score (nSPS) is 14.1. The number of rotatable bonds is 12. The van der Waals surface area contributed by atoms with E-state index in [1.807, 2.05) is 13.0 Å². The summed E-state index contributed by atoms with van der Waals surface area (Å²) in [5.41, 5.74) is 6.00. The molecule has 0 amide bonds. The molecule has 2 N–H and O–H groups in total. The van der Waals surface area contributed by atoms with E-state index in [2.05, 4.69) is 70.5 Å². The largest absolute Gasteiger partial charge is 0.478 e. The summed E-state index contributed by atoms with van der Waals surface area (Å²) < 4.78 is 0. The first kappa shape index (κ1) is 39.2. The van der Waals surface area contributed by atoms with Gasteiger partial charge in [0, 0.05) is 57.6 Å². The Bertz CT molecular complexity index is 1850. The van der Waals surface area contributed by atoms with Gasteiger partial charge in [0.05, 0.1) is 10.0 Å². The molecule has 1 aliphatic heterocycles. The summed E-state index contributed by atoms with van der Waals surface area (Å²) in [5.74, 6) is -2.69. The van der Waals surface area contributed by atoms with Crippen LogP contribution < -0.4 is 0 Å². The summed E-state index contributed by atoms with van der Waals surface area (Å²) in [4.78, 5) is 52.7. The van der Waals surface area contributed by atoms with E-state index in [0.717, 1.165) is 45.3 Å². The standard InChI is InChI=1S/C37H38Cl2N2O2.C4H4O4/c1-25-33(27(3)42)35(30-17-12-18-31(38)36(30)39)34(26(2)40-25)32(43)19-10-11-22-41-23-20-37(21-24-41,28-13-6-4-7-14-28)29-15-8-5-9-16-29;5-3(6)1-2-4(7)8/h4-9,12-18H,10-11,19-24H2,1-3H3;1-2H,(H,5,6)(H,7,8)/b;2-1+. The van der Waals surface area contributed by atoms with Crippen molar-refractivity contribution in [1.82, 2.24) is 9.88 Å². The Hall–Kier alpha value is -4.63. The smallest absolute Gasteiger partial charge is 0.328 e. The van der Waals surface area contributed by atoms with Crippen molar-refractivity contribution in [3.8, 4) is 11.1 Å². The molecule has 0 atom stereocenters. The Kier molecular flexibility index (Phi) is 13.9. The summed E-state index contributed by atoms with van der Waals surface area (Å²) in [6.45, 7) is 8.09. The fourth-order valence-electron chi connectivity index (χ4n) is 6.89. The number of aromatic nitrogens is 1. The number of aliphatic carboxylic acids is 2. The molecule has 2 heterocycles. The molecule has 0 saturated carbocycles. The maximum atomic E-state index is 13.8. The van der Waals surface area contributed by atoms with Crippen LogP contribution >= 0.6 is 23.2 Å². The second-order valence-corrected chi connectivity index (χ2v) is 13.4. The average molecular weight is 730 g/mol. The van der Waals surface area contributed by atoms with Crippen molar-refractivity contribution in [1.29, 1.82) is 0 Å². The van der Waals surface area contributed by atoms with Crippen LogP contribution in [0.2, 0.25) is 10.0 Å². The monoisotopic (exact) mass is 728 g/mol. The van der Waals surface area contributed by atoms with E-state index in [-0.39, 0.29) is 17.0 Å². The maximum absolute atomic E-state index is 13.8. The van der Waals surface area contributed by atoms with Crippen molar-refractivity contribution >= 4 is 46.7 Å². The van der Waals surface area contributed by atoms with E-state index in [1.54, 1.807) is 19.1 Å². The number of benzene rings is 3. The molecule has 8 nitrogen and oxygen atoms in total. The molecule has 5 rings (SSSR count). The van der Waals surface area contributed by atoms with E-state index in [9.17, 15) is 19.2 Å². The van der Waals surface area contributed by atoms with Crippen molar-refractivity contribution in [2.45, 2.75) is 58.3 Å². The number of carbonyl (C=O) groups is 4. The Morgan fingerprint density at radius 2 is 1.29 bits per heavy atom. The first-order chi connectivity index (χ1) is 24.4. The van der Waals surface area contributed by atoms with Crippen molar-refractivity contribution in [3.05, 3.63) is 135 Å². The minimum absolute atomic E-state index is 0.0237. The van der Waals surface area contributed by atoms with Crippen LogP contribution in [0.15, 0.2) is 91.0 Å². The van der Waals surface area contributed by atoms with E-state index >= 15 is 0 Å². The number of nitrogens with zero attached hydrogens (tertiary/aromatic N) is 2. The molecule has 0 spiro atoms. The van der Waals surface area contributed by atoms with Gasteiger partial charge in [-0.3, -0.25) is 14.6 Å². The minimum Gasteiger partial charge on any atom is -0.478 e. The Morgan fingerprint density at radius 3 is 1.80 bits per heavy atom. The van der Waals surface area contributed by atoms with Crippen LogP contribution in [-0.2, 0) is 15.0 Å². The third-order valence-corrected chi connectivity index (χ3v) is 10.1. The topological polar surface area (TPSA) is 125 Å². The van der Waals surface area contributed by atoms with Crippen molar-refractivity contribution in [3.63, 3.8) is 0 Å². The lowest BCUT2D eigenvalue weighted by Gasteiger charge is -2.43. The summed E-state index contributed by atoms with van der Waals surface area (Å²) in [7, 11) is 0. The van der Waals surface area contributed by atoms with Crippen LogP contribution in [0.1, 0.15) is 82.3 Å².